The summed E-state index contributed by atoms with van der Waals surface area (Å²) in [5.41, 5.74) is 8.79. The molecule has 70 heavy (non-hydrogen) atoms. The van der Waals surface area contributed by atoms with E-state index in [4.69, 9.17) is 29.3 Å². The molecule has 1 aliphatic carbocycles. The molecule has 3 aliphatic heterocycles. The van der Waals surface area contributed by atoms with Crippen molar-refractivity contribution in [2.45, 2.75) is 85.0 Å². The van der Waals surface area contributed by atoms with Gasteiger partial charge in [0, 0.05) is 159 Å². The Bertz CT molecular complexity index is 2930. The Labute approximate surface area is 410 Å². The zero-order valence-corrected chi connectivity index (χ0v) is 41.2. The number of hydrogen-bond acceptors (Lipinski definition) is 11. The van der Waals surface area contributed by atoms with Crippen molar-refractivity contribution in [3.05, 3.63) is 119 Å². The van der Waals surface area contributed by atoms with Gasteiger partial charge in [-0.05, 0) is 72.8 Å². The molecule has 1 saturated carbocycles. The third kappa shape index (κ3) is 8.97. The number of nitrogens with zero attached hydrogens (tertiary/aromatic N) is 8. The maximum Gasteiger partial charge on any atom is 0.251 e. The molecule has 0 bridgehead atoms. The van der Waals surface area contributed by atoms with Crippen LogP contribution in [-0.4, -0.2) is 113 Å². The lowest BCUT2D eigenvalue weighted by Gasteiger charge is -2.63. The van der Waals surface area contributed by atoms with Crippen LogP contribution in [0.15, 0.2) is 91.3 Å². The fourth-order valence-electron chi connectivity index (χ4n) is 11.7. The lowest BCUT2D eigenvalue weighted by atomic mass is 9.49. The van der Waals surface area contributed by atoms with Gasteiger partial charge in [0.05, 0.1) is 30.1 Å². The summed E-state index contributed by atoms with van der Waals surface area (Å²) in [4.78, 5) is 42.8. The molecular weight excluding hydrogens is 879 g/mol. The van der Waals surface area contributed by atoms with Crippen LogP contribution in [0, 0.1) is 22.2 Å². The quantitative estimate of drug-likeness (QED) is 0.126. The van der Waals surface area contributed by atoms with Crippen LogP contribution in [0.25, 0.3) is 33.3 Å². The second-order valence-corrected chi connectivity index (χ2v) is 20.5. The van der Waals surface area contributed by atoms with Gasteiger partial charge in [-0.1, -0.05) is 45.9 Å². The van der Waals surface area contributed by atoms with E-state index >= 15 is 0 Å². The minimum Gasteiger partial charge on any atom is -0.495 e. The number of carbonyl (C=O) groups excluding carboxylic acids is 2. The van der Waals surface area contributed by atoms with Crippen LogP contribution in [0.4, 0.5) is 5.69 Å². The molecule has 6 heterocycles. The van der Waals surface area contributed by atoms with Gasteiger partial charge in [0.2, 0.25) is 5.91 Å². The average Bonchev–Trinajstić information content (AvgIpc) is 3.77. The average molecular weight is 942 g/mol. The van der Waals surface area contributed by atoms with Crippen molar-refractivity contribution in [1.82, 2.24) is 34.9 Å². The van der Waals surface area contributed by atoms with Crippen LogP contribution in [0.5, 0.6) is 11.5 Å². The largest absolute Gasteiger partial charge is 0.495 e. The molecule has 0 unspecified atom stereocenters. The molecule has 4 aliphatic rings. The molecule has 0 spiro atoms. The minimum atomic E-state index is -0.344. The maximum absolute atomic E-state index is 13.6. The van der Waals surface area contributed by atoms with E-state index in [1.807, 2.05) is 29.4 Å². The third-order valence-electron chi connectivity index (χ3n) is 15.4. The standard InChI is InChI=1S/C56H63N9O5/c1-36(66)64-23-19-49-47(35-64)51(61-65(49)43-20-28-69-29-21-43)45-9-7-8-38-30-48(59-34-46(38)45)40-10-14-41(58-33-40)18-22-62-24-26-63(27-25-62)42-15-11-37(12-16-42)52(67)60-53-55(2,3)54(56(53,4)5)70-44-17-13-39(32-57)50(31-44)68-6/h7-17,30-31,33-34,43,53-54H,18-29,35H2,1-6H3,(H,60,67). The second-order valence-electron chi connectivity index (χ2n) is 20.5. The molecule has 2 amide bonds. The summed E-state index contributed by atoms with van der Waals surface area (Å²) in [5.74, 6) is 1.10. The van der Waals surface area contributed by atoms with Crippen molar-refractivity contribution in [3.8, 4) is 40.1 Å². The summed E-state index contributed by atoms with van der Waals surface area (Å²) in [6.45, 7) is 17.5. The number of benzene rings is 3. The van der Waals surface area contributed by atoms with E-state index in [-0.39, 0.29) is 34.8 Å². The number of carbonyl (C=O) groups is 2. The molecule has 1 N–H and O–H groups in total. The maximum atomic E-state index is 13.6. The van der Waals surface area contributed by atoms with Crippen molar-refractivity contribution in [2.24, 2.45) is 10.8 Å². The van der Waals surface area contributed by atoms with Gasteiger partial charge in [0.15, 0.2) is 0 Å². The number of pyridine rings is 2. The van der Waals surface area contributed by atoms with Gasteiger partial charge in [0.1, 0.15) is 23.7 Å². The summed E-state index contributed by atoms with van der Waals surface area (Å²) in [7, 11) is 1.54. The highest BCUT2D eigenvalue weighted by Crippen LogP contribution is 2.56. The summed E-state index contributed by atoms with van der Waals surface area (Å²) < 4.78 is 19.8. The fourth-order valence-corrected chi connectivity index (χ4v) is 11.7. The molecule has 10 rings (SSSR count). The van der Waals surface area contributed by atoms with Crippen molar-refractivity contribution in [3.63, 3.8) is 0 Å². The Morgan fingerprint density at radius 2 is 1.67 bits per heavy atom. The molecule has 3 aromatic carbocycles. The summed E-state index contributed by atoms with van der Waals surface area (Å²) in [6.07, 6.45) is 7.27. The second kappa shape index (κ2) is 19.2. The predicted molar refractivity (Wildman–Crippen MR) is 270 cm³/mol. The Kier molecular flexibility index (Phi) is 12.8. The normalized spacial score (nSPS) is 20.0. The van der Waals surface area contributed by atoms with Crippen LogP contribution in [0.2, 0.25) is 0 Å². The number of rotatable bonds is 12. The Morgan fingerprint density at radius 3 is 2.37 bits per heavy atom. The van der Waals surface area contributed by atoms with Crippen molar-refractivity contribution in [1.29, 1.82) is 5.26 Å². The number of ether oxygens (including phenoxy) is 3. The molecule has 362 valence electrons. The predicted octanol–water partition coefficient (Wildman–Crippen LogP) is 8.27. The van der Waals surface area contributed by atoms with Crippen LogP contribution >= 0.6 is 0 Å². The van der Waals surface area contributed by atoms with Gasteiger partial charge < -0.3 is 29.3 Å². The number of aromatic nitrogens is 4. The molecule has 14 nitrogen and oxygen atoms in total. The third-order valence-corrected chi connectivity index (χ3v) is 15.4. The monoisotopic (exact) mass is 941 g/mol. The van der Waals surface area contributed by atoms with Gasteiger partial charge in [-0.3, -0.25) is 29.1 Å². The zero-order chi connectivity index (χ0) is 48.7. The van der Waals surface area contributed by atoms with Crippen molar-refractivity contribution in [2.75, 3.05) is 64.5 Å². The van der Waals surface area contributed by atoms with Gasteiger partial charge in [-0.2, -0.15) is 10.4 Å². The first-order chi connectivity index (χ1) is 33.8. The number of hydrogen-bond donors (Lipinski definition) is 1. The van der Waals surface area contributed by atoms with E-state index in [1.165, 1.54) is 5.69 Å². The summed E-state index contributed by atoms with van der Waals surface area (Å²) in [5, 5.41) is 20.1. The molecular formula is C56H63N9O5. The van der Waals surface area contributed by atoms with E-state index in [0.29, 0.717) is 41.8 Å². The molecule has 3 aromatic heterocycles. The van der Waals surface area contributed by atoms with E-state index in [0.717, 1.165) is 122 Å². The topological polar surface area (TPSA) is 151 Å². The number of nitrogens with one attached hydrogen (secondary N) is 1. The highest BCUT2D eigenvalue weighted by atomic mass is 16.5. The van der Waals surface area contributed by atoms with E-state index in [9.17, 15) is 14.9 Å². The lowest BCUT2D eigenvalue weighted by Crippen LogP contribution is -2.74. The lowest BCUT2D eigenvalue weighted by molar-refractivity contribution is -0.164. The van der Waals surface area contributed by atoms with E-state index in [2.05, 4.69) is 102 Å². The number of piperazine rings is 1. The van der Waals surface area contributed by atoms with Gasteiger partial charge in [-0.15, -0.1) is 0 Å². The van der Waals surface area contributed by atoms with E-state index in [1.54, 1.807) is 32.2 Å². The molecule has 3 fully saturated rings. The van der Waals surface area contributed by atoms with Gasteiger partial charge >= 0.3 is 0 Å². The van der Waals surface area contributed by atoms with Crippen molar-refractivity contribution < 1.29 is 23.8 Å². The Balaban J connectivity index is 0.723. The molecule has 6 aromatic rings. The van der Waals surface area contributed by atoms with Crippen LogP contribution in [0.1, 0.15) is 86.4 Å². The highest BCUT2D eigenvalue weighted by molar-refractivity contribution is 5.98. The number of fused-ring (bicyclic) bond motifs is 2. The van der Waals surface area contributed by atoms with Gasteiger partial charge in [0.25, 0.3) is 5.91 Å². The highest BCUT2D eigenvalue weighted by Gasteiger charge is 2.64. The van der Waals surface area contributed by atoms with Crippen LogP contribution in [0.3, 0.4) is 0 Å². The fraction of sp³-hybridized carbons (Fsp3) is 0.429. The van der Waals surface area contributed by atoms with E-state index < -0.39 is 0 Å². The first-order valence-electron chi connectivity index (χ1n) is 24.7. The number of anilines is 1. The zero-order valence-electron chi connectivity index (χ0n) is 41.2. The van der Waals surface area contributed by atoms with Crippen molar-refractivity contribution >= 4 is 28.3 Å². The first-order valence-corrected chi connectivity index (χ1v) is 24.7. The molecule has 0 radical (unpaired) electrons. The molecule has 14 heteroatoms. The SMILES string of the molecule is COc1cc(OC2C(C)(C)C(NC(=O)c3ccc(N4CCN(CCc5ccc(-c6cc7cccc(-c8nn(C9CCOCC9)c9c8CN(C(C)=O)CC9)c7cn6)cn5)CC4)cc3)C2(C)C)ccc1C#N. The number of nitriles is 1. The molecule has 2 saturated heterocycles. The number of amides is 2. The Morgan fingerprint density at radius 1 is 0.900 bits per heavy atom. The first kappa shape index (κ1) is 46.9. The number of methoxy groups -OCH3 is 1. The van der Waals surface area contributed by atoms with Gasteiger partial charge in [-0.25, -0.2) is 0 Å². The van der Waals surface area contributed by atoms with Crippen LogP contribution < -0.4 is 19.7 Å². The Hall–Kier alpha value is -6.82. The molecule has 0 atom stereocenters. The smallest absolute Gasteiger partial charge is 0.251 e. The van der Waals surface area contributed by atoms with Crippen LogP contribution in [-0.2, 0) is 28.9 Å². The minimum absolute atomic E-state index is 0.0903. The summed E-state index contributed by atoms with van der Waals surface area (Å²) >= 11 is 0. The summed E-state index contributed by atoms with van der Waals surface area (Å²) in [6, 6.07) is 28.3.